The van der Waals surface area contributed by atoms with Crippen molar-refractivity contribution in [2.75, 3.05) is 0 Å². The van der Waals surface area contributed by atoms with Gasteiger partial charge in [-0.15, -0.1) is 0 Å². The highest BCUT2D eigenvalue weighted by Gasteiger charge is 2.61. The molecule has 2 rings (SSSR count). The summed E-state index contributed by atoms with van der Waals surface area (Å²) in [5, 5.41) is 6.91. The lowest BCUT2D eigenvalue weighted by Crippen LogP contribution is -2.39. The Kier molecular flexibility index (Phi) is 6.65. The molecule has 1 aliphatic heterocycles. The molecule has 1 aromatic carbocycles. The van der Waals surface area contributed by atoms with E-state index in [1.807, 2.05) is 30.3 Å². The maximum atomic E-state index is 11.7. The van der Waals surface area contributed by atoms with Gasteiger partial charge in [0.2, 0.25) is 0 Å². The smallest absolute Gasteiger partial charge is 0.368 e. The zero-order valence-corrected chi connectivity index (χ0v) is 16.7. The zero-order valence-electron chi connectivity index (χ0n) is 14.9. The second-order valence-electron chi connectivity index (χ2n) is 7.00. The van der Waals surface area contributed by atoms with Crippen LogP contribution in [0.5, 0.6) is 0 Å². The summed E-state index contributed by atoms with van der Waals surface area (Å²) in [6, 6.07) is 9.60. The van der Waals surface area contributed by atoms with Crippen LogP contribution in [-0.4, -0.2) is 41.5 Å². The average Bonchev–Trinajstić information content (AvgIpc) is 3.00. The molecule has 0 aliphatic carbocycles. The number of rotatable bonds is 9. The van der Waals surface area contributed by atoms with Gasteiger partial charge in [0.25, 0.3) is 5.08 Å². The first kappa shape index (κ1) is 22.2. The number of aliphatic imine (C=N–C) groups is 1. The molecule has 0 saturated heterocycles. The Morgan fingerprint density at radius 3 is 2.19 bits per heavy atom. The number of aryl methyl sites for hydroxylation is 1. The van der Waals surface area contributed by atoms with E-state index in [0.717, 1.165) is 5.56 Å². The van der Waals surface area contributed by atoms with Crippen molar-refractivity contribution in [3.05, 3.63) is 48.0 Å². The van der Waals surface area contributed by atoms with Crippen molar-refractivity contribution in [1.29, 1.82) is 0 Å². The summed E-state index contributed by atoms with van der Waals surface area (Å²) in [4.78, 5) is 42.1. The molecule has 0 aromatic heterocycles. The molecular weight excluding hydrogens is 392 g/mol. The first-order chi connectivity index (χ1) is 12.4. The second-order valence-corrected chi connectivity index (χ2v) is 11.0. The van der Waals surface area contributed by atoms with Gasteiger partial charge in [-0.2, -0.15) is 0 Å². The Morgan fingerprint density at radius 2 is 1.70 bits per heavy atom. The molecule has 2 atom stereocenters. The van der Waals surface area contributed by atoms with Crippen LogP contribution in [0.3, 0.4) is 0 Å². The van der Waals surface area contributed by atoms with Crippen molar-refractivity contribution in [2.45, 2.75) is 43.2 Å². The fourth-order valence-corrected chi connectivity index (χ4v) is 5.54. The number of hydrogen-bond acceptors (Lipinski definition) is 4. The lowest BCUT2D eigenvalue weighted by molar-refractivity contribution is 0.0938. The van der Waals surface area contributed by atoms with Crippen molar-refractivity contribution < 1.29 is 33.8 Å². The van der Waals surface area contributed by atoms with Gasteiger partial charge in [-0.1, -0.05) is 36.4 Å². The molecule has 10 heteroatoms. The summed E-state index contributed by atoms with van der Waals surface area (Å²) in [6.07, 6.45) is 5.79. The van der Waals surface area contributed by atoms with E-state index in [4.69, 9.17) is 0 Å². The Bertz CT molecular complexity index is 763. The summed E-state index contributed by atoms with van der Waals surface area (Å²) in [5.74, 6) is -0.679. The van der Waals surface area contributed by atoms with E-state index < -0.39 is 38.2 Å². The third-order valence-corrected chi connectivity index (χ3v) is 8.81. The van der Waals surface area contributed by atoms with E-state index in [2.05, 4.69) is 4.99 Å². The van der Waals surface area contributed by atoms with E-state index in [-0.39, 0.29) is 0 Å². The minimum Gasteiger partial charge on any atom is -0.368 e. The van der Waals surface area contributed by atoms with Gasteiger partial charge >= 0.3 is 15.2 Å². The average molecular weight is 417 g/mol. The first-order valence-corrected chi connectivity index (χ1v) is 11.7. The highest BCUT2D eigenvalue weighted by atomic mass is 31.2. The van der Waals surface area contributed by atoms with Gasteiger partial charge in [0.05, 0.1) is 5.54 Å². The van der Waals surface area contributed by atoms with Crippen LogP contribution in [0, 0.1) is 5.92 Å². The van der Waals surface area contributed by atoms with Crippen LogP contribution >= 0.6 is 15.2 Å². The number of allylic oxidation sites excluding steroid dienone is 1. The third kappa shape index (κ3) is 5.04. The van der Waals surface area contributed by atoms with E-state index in [1.54, 1.807) is 19.1 Å². The molecule has 1 aliphatic rings. The predicted octanol–water partition coefficient (Wildman–Crippen LogP) is 2.42. The third-order valence-electron chi connectivity index (χ3n) is 5.01. The second kappa shape index (κ2) is 8.10. The van der Waals surface area contributed by atoms with Gasteiger partial charge in [0.15, 0.2) is 0 Å². The number of nitrogens with zero attached hydrogens (tertiary/aromatic N) is 1. The SMILES string of the molecule is CC1(C(CCCc2ccccc2)CC(O)(P(=O)(O)O)P(=O)(O)O)C=CC=N1. The molecule has 2 unspecified atom stereocenters. The molecule has 0 amide bonds. The minimum absolute atomic E-state index is 0.370. The van der Waals surface area contributed by atoms with Crippen LogP contribution in [0.1, 0.15) is 31.7 Å². The van der Waals surface area contributed by atoms with Crippen LogP contribution < -0.4 is 0 Å². The van der Waals surface area contributed by atoms with Gasteiger partial charge < -0.3 is 24.7 Å². The molecule has 0 spiro atoms. The maximum Gasteiger partial charge on any atom is 0.369 e. The van der Waals surface area contributed by atoms with Gasteiger partial charge in [-0.25, -0.2) is 0 Å². The maximum absolute atomic E-state index is 11.7. The first-order valence-electron chi connectivity index (χ1n) is 8.50. The topological polar surface area (TPSA) is 148 Å². The van der Waals surface area contributed by atoms with Crippen LogP contribution in [0.2, 0.25) is 0 Å². The molecule has 8 nitrogen and oxygen atoms in total. The van der Waals surface area contributed by atoms with Crippen LogP contribution in [0.25, 0.3) is 0 Å². The number of hydrogen-bond donors (Lipinski definition) is 5. The molecule has 0 fully saturated rings. The monoisotopic (exact) mass is 417 g/mol. The Morgan fingerprint density at radius 1 is 1.11 bits per heavy atom. The molecule has 0 radical (unpaired) electrons. The Balaban J connectivity index is 2.25. The largest absolute Gasteiger partial charge is 0.369 e. The van der Waals surface area contributed by atoms with Crippen molar-refractivity contribution in [3.63, 3.8) is 0 Å². The van der Waals surface area contributed by atoms with Crippen LogP contribution in [0.4, 0.5) is 0 Å². The van der Waals surface area contributed by atoms with Gasteiger partial charge in [-0.05, 0) is 43.7 Å². The van der Waals surface area contributed by atoms with Crippen molar-refractivity contribution in [3.8, 4) is 0 Å². The molecule has 5 N–H and O–H groups in total. The molecule has 27 heavy (non-hydrogen) atoms. The molecule has 1 heterocycles. The van der Waals surface area contributed by atoms with E-state index in [9.17, 15) is 33.8 Å². The van der Waals surface area contributed by atoms with Crippen LogP contribution in [-0.2, 0) is 15.6 Å². The summed E-state index contributed by atoms with van der Waals surface area (Å²) >= 11 is 0. The highest BCUT2D eigenvalue weighted by Crippen LogP contribution is 2.70. The fraction of sp³-hybridized carbons (Fsp3) is 0.471. The molecule has 0 bridgehead atoms. The highest BCUT2D eigenvalue weighted by molar-refractivity contribution is 7.72. The van der Waals surface area contributed by atoms with Crippen LogP contribution in [0.15, 0.2) is 47.5 Å². The normalized spacial score (nSPS) is 21.6. The summed E-state index contributed by atoms with van der Waals surface area (Å²) in [7, 11) is -11.0. The Hall–Kier alpha value is -1.11. The molecule has 0 saturated carbocycles. The summed E-state index contributed by atoms with van der Waals surface area (Å²) < 4.78 is 23.5. The van der Waals surface area contributed by atoms with Crippen molar-refractivity contribution in [1.82, 2.24) is 0 Å². The lowest BCUT2D eigenvalue weighted by Gasteiger charge is -2.37. The molecule has 150 valence electrons. The Labute approximate surface area is 158 Å². The minimum atomic E-state index is -5.51. The summed E-state index contributed by atoms with van der Waals surface area (Å²) in [5.41, 5.74) is 0.168. The van der Waals surface area contributed by atoms with Gasteiger partial charge in [-0.3, -0.25) is 14.1 Å². The quantitative estimate of drug-likeness (QED) is 0.388. The van der Waals surface area contributed by atoms with E-state index in [1.165, 1.54) is 6.21 Å². The molecular formula is C17H25NO7P2. The summed E-state index contributed by atoms with van der Waals surface area (Å²) in [6.45, 7) is 1.71. The fourth-order valence-electron chi connectivity index (χ4n) is 3.26. The molecule has 1 aromatic rings. The zero-order chi connectivity index (χ0) is 20.3. The number of aliphatic hydroxyl groups is 1. The van der Waals surface area contributed by atoms with Crippen molar-refractivity contribution in [2.24, 2.45) is 10.9 Å². The predicted molar refractivity (Wildman–Crippen MR) is 103 cm³/mol. The van der Waals surface area contributed by atoms with Gasteiger partial charge in [0, 0.05) is 12.6 Å². The van der Waals surface area contributed by atoms with E-state index >= 15 is 0 Å². The lowest BCUT2D eigenvalue weighted by atomic mass is 9.80. The van der Waals surface area contributed by atoms with Crippen molar-refractivity contribution >= 4 is 21.4 Å². The standard InChI is InChI=1S/C17H25NO7P2/c1-16(11-6-12-18-16)15(10-5-9-14-7-3-2-4-8-14)13-17(19,26(20,21)22)27(23,24)25/h2-4,6-8,11-12,15,19H,5,9-10,13H2,1H3,(H2,20,21,22)(H2,23,24,25). The van der Waals surface area contributed by atoms with E-state index in [0.29, 0.717) is 19.3 Å². The van der Waals surface area contributed by atoms with Gasteiger partial charge in [0.1, 0.15) is 0 Å². The number of benzene rings is 1.